The van der Waals surface area contributed by atoms with Crippen molar-refractivity contribution in [2.75, 3.05) is 18.4 Å². The summed E-state index contributed by atoms with van der Waals surface area (Å²) in [6, 6.07) is 11.3. The number of anilines is 1. The van der Waals surface area contributed by atoms with Crippen molar-refractivity contribution in [1.82, 2.24) is 14.4 Å². The van der Waals surface area contributed by atoms with E-state index in [4.69, 9.17) is 0 Å². The lowest BCUT2D eigenvalue weighted by Gasteiger charge is -2.31. The zero-order chi connectivity index (χ0) is 21.6. The summed E-state index contributed by atoms with van der Waals surface area (Å²) in [5.74, 6) is 0.293. The van der Waals surface area contributed by atoms with Gasteiger partial charge < -0.3 is 19.7 Å². The Hall–Kier alpha value is -2.76. The fraction of sp³-hybridized carbons (Fsp3) is 0.478. The van der Waals surface area contributed by atoms with E-state index in [0.29, 0.717) is 19.0 Å². The quantitative estimate of drug-likeness (QED) is 0.722. The second-order valence-electron chi connectivity index (χ2n) is 8.25. The van der Waals surface area contributed by atoms with Gasteiger partial charge in [-0.25, -0.2) is 4.79 Å². The maximum absolute atomic E-state index is 13.1. The van der Waals surface area contributed by atoms with Crippen molar-refractivity contribution in [1.29, 1.82) is 0 Å². The molecule has 2 rings (SSSR count). The summed E-state index contributed by atoms with van der Waals surface area (Å²) in [6.45, 7) is 11.2. The molecule has 0 aliphatic rings. The molecule has 0 saturated carbocycles. The van der Waals surface area contributed by atoms with Crippen LogP contribution in [0.2, 0.25) is 0 Å². The predicted octanol–water partition coefficient (Wildman–Crippen LogP) is 4.26. The summed E-state index contributed by atoms with van der Waals surface area (Å²) < 4.78 is 2.02. The van der Waals surface area contributed by atoms with Crippen molar-refractivity contribution >= 4 is 17.6 Å². The highest BCUT2D eigenvalue weighted by Crippen LogP contribution is 2.15. The molecule has 2 aromatic rings. The molecule has 1 N–H and O–H groups in total. The minimum atomic E-state index is -0.258. The maximum Gasteiger partial charge on any atom is 0.322 e. The third-order valence-electron chi connectivity index (χ3n) is 4.92. The smallest absolute Gasteiger partial charge is 0.322 e. The lowest BCUT2D eigenvalue weighted by molar-refractivity contribution is -0.133. The van der Waals surface area contributed by atoms with Gasteiger partial charge in [0, 0.05) is 37.2 Å². The second-order valence-corrected chi connectivity index (χ2v) is 8.25. The van der Waals surface area contributed by atoms with Crippen LogP contribution in [0, 0.1) is 12.8 Å². The van der Waals surface area contributed by atoms with E-state index < -0.39 is 0 Å². The van der Waals surface area contributed by atoms with Crippen LogP contribution in [0.25, 0.3) is 0 Å². The number of benzene rings is 1. The Morgan fingerprint density at radius 1 is 1.07 bits per heavy atom. The molecule has 158 valence electrons. The summed E-state index contributed by atoms with van der Waals surface area (Å²) in [4.78, 5) is 29.5. The number of aromatic nitrogens is 1. The number of nitrogens with one attached hydrogen (secondary N) is 1. The third kappa shape index (κ3) is 6.38. The fourth-order valence-electron chi connectivity index (χ4n) is 3.19. The third-order valence-corrected chi connectivity index (χ3v) is 4.92. The lowest BCUT2D eigenvalue weighted by Crippen LogP contribution is -2.48. The Bertz CT molecular complexity index is 826. The van der Waals surface area contributed by atoms with E-state index >= 15 is 0 Å². The van der Waals surface area contributed by atoms with Crippen LogP contribution in [0.1, 0.15) is 39.0 Å². The summed E-state index contributed by atoms with van der Waals surface area (Å²) >= 11 is 0. The summed E-state index contributed by atoms with van der Waals surface area (Å²) in [5.41, 5.74) is 2.82. The van der Waals surface area contributed by atoms with Gasteiger partial charge in [-0.05, 0) is 50.5 Å². The molecule has 1 aromatic heterocycles. The number of rotatable bonds is 8. The topological polar surface area (TPSA) is 57.6 Å². The molecule has 6 nitrogen and oxygen atoms in total. The molecule has 0 fully saturated rings. The maximum atomic E-state index is 13.1. The summed E-state index contributed by atoms with van der Waals surface area (Å²) in [7, 11) is 1.98. The van der Waals surface area contributed by atoms with E-state index in [1.807, 2.05) is 79.9 Å². The first kappa shape index (κ1) is 22.5. The molecule has 0 spiro atoms. The van der Waals surface area contributed by atoms with E-state index in [1.54, 1.807) is 4.90 Å². The number of nitrogens with zero attached hydrogens (tertiary/aromatic N) is 3. The highest BCUT2D eigenvalue weighted by Gasteiger charge is 2.24. The number of hydrogen-bond acceptors (Lipinski definition) is 2. The number of urea groups is 1. The van der Waals surface area contributed by atoms with Crippen LogP contribution in [0.4, 0.5) is 10.5 Å². The van der Waals surface area contributed by atoms with Gasteiger partial charge in [-0.2, -0.15) is 0 Å². The van der Waals surface area contributed by atoms with Crippen molar-refractivity contribution in [3.05, 3.63) is 53.9 Å². The van der Waals surface area contributed by atoms with Gasteiger partial charge >= 0.3 is 6.03 Å². The molecule has 0 unspecified atom stereocenters. The molecule has 0 saturated heterocycles. The highest BCUT2D eigenvalue weighted by molar-refractivity contribution is 5.93. The van der Waals surface area contributed by atoms with Gasteiger partial charge in [0.1, 0.15) is 6.54 Å². The zero-order valence-corrected chi connectivity index (χ0v) is 18.5. The van der Waals surface area contributed by atoms with E-state index in [1.165, 1.54) is 0 Å². The van der Waals surface area contributed by atoms with Gasteiger partial charge in [-0.15, -0.1) is 0 Å². The molecule has 1 aromatic carbocycles. The molecule has 1 heterocycles. The minimum Gasteiger partial charge on any atom is -0.353 e. The number of para-hydroxylation sites is 1. The molecular formula is C23H34N4O2. The molecular weight excluding hydrogens is 364 g/mol. The first-order valence-electron chi connectivity index (χ1n) is 10.2. The number of carbonyl (C=O) groups is 2. The Morgan fingerprint density at radius 3 is 2.31 bits per heavy atom. The van der Waals surface area contributed by atoms with Crippen molar-refractivity contribution in [2.45, 2.75) is 47.2 Å². The average Bonchev–Trinajstić information content (AvgIpc) is 3.04. The molecule has 0 atom stereocenters. The van der Waals surface area contributed by atoms with Crippen LogP contribution >= 0.6 is 0 Å². The minimum absolute atomic E-state index is 0.0477. The van der Waals surface area contributed by atoms with Crippen molar-refractivity contribution in [2.24, 2.45) is 13.0 Å². The van der Waals surface area contributed by atoms with E-state index in [-0.39, 0.29) is 24.5 Å². The predicted molar refractivity (Wildman–Crippen MR) is 118 cm³/mol. The number of carbonyl (C=O) groups excluding carboxylic acids is 2. The Morgan fingerprint density at radius 2 is 1.76 bits per heavy atom. The molecule has 29 heavy (non-hydrogen) atoms. The lowest BCUT2D eigenvalue weighted by atomic mass is 10.2. The van der Waals surface area contributed by atoms with Gasteiger partial charge in [-0.3, -0.25) is 4.79 Å². The molecule has 3 amide bonds. The molecule has 0 bridgehead atoms. The van der Waals surface area contributed by atoms with E-state index in [2.05, 4.69) is 19.2 Å². The van der Waals surface area contributed by atoms with Crippen LogP contribution in [0.3, 0.4) is 0 Å². The van der Waals surface area contributed by atoms with Crippen molar-refractivity contribution in [3.8, 4) is 0 Å². The second kappa shape index (κ2) is 10.1. The zero-order valence-electron chi connectivity index (χ0n) is 18.5. The first-order chi connectivity index (χ1) is 13.7. The Kier molecular flexibility index (Phi) is 7.88. The van der Waals surface area contributed by atoms with Crippen LogP contribution < -0.4 is 5.32 Å². The van der Waals surface area contributed by atoms with Crippen LogP contribution in [-0.4, -0.2) is 45.4 Å². The largest absolute Gasteiger partial charge is 0.353 e. The standard InChI is InChI=1S/C23H34N4O2/c1-17(2)14-26(15-20-11-9-13-25(20)6)22(28)16-27(18(3)4)23(29)24-21-12-8-7-10-19(21)5/h7-13,17-18H,14-16H2,1-6H3,(H,24,29). The van der Waals surface area contributed by atoms with Gasteiger partial charge in [0.25, 0.3) is 0 Å². The van der Waals surface area contributed by atoms with E-state index in [0.717, 1.165) is 16.9 Å². The monoisotopic (exact) mass is 398 g/mol. The van der Waals surface area contributed by atoms with Gasteiger partial charge in [0.15, 0.2) is 0 Å². The number of aryl methyl sites for hydroxylation is 2. The molecule has 0 radical (unpaired) electrons. The van der Waals surface area contributed by atoms with E-state index in [9.17, 15) is 9.59 Å². The highest BCUT2D eigenvalue weighted by atomic mass is 16.2. The van der Waals surface area contributed by atoms with Crippen molar-refractivity contribution < 1.29 is 9.59 Å². The Balaban J connectivity index is 2.13. The average molecular weight is 399 g/mol. The Labute approximate surface area is 174 Å². The number of hydrogen-bond donors (Lipinski definition) is 1. The van der Waals surface area contributed by atoms with Gasteiger partial charge in [-0.1, -0.05) is 32.0 Å². The fourth-order valence-corrected chi connectivity index (χ4v) is 3.19. The van der Waals surface area contributed by atoms with Gasteiger partial charge in [0.05, 0.1) is 6.54 Å². The molecule has 0 aliphatic carbocycles. The van der Waals surface area contributed by atoms with Gasteiger partial charge in [0.2, 0.25) is 5.91 Å². The normalized spacial score (nSPS) is 11.0. The number of amides is 3. The summed E-state index contributed by atoms with van der Waals surface area (Å²) in [5, 5.41) is 2.94. The first-order valence-corrected chi connectivity index (χ1v) is 10.2. The SMILES string of the molecule is Cc1ccccc1NC(=O)N(CC(=O)N(Cc1cccn1C)CC(C)C)C(C)C. The van der Waals surface area contributed by atoms with Crippen LogP contribution in [0.5, 0.6) is 0 Å². The summed E-state index contributed by atoms with van der Waals surface area (Å²) in [6.07, 6.45) is 1.98. The van der Waals surface area contributed by atoms with Crippen molar-refractivity contribution in [3.63, 3.8) is 0 Å². The molecule has 6 heteroatoms. The molecule has 0 aliphatic heterocycles. The van der Waals surface area contributed by atoms with Crippen LogP contribution in [-0.2, 0) is 18.4 Å². The van der Waals surface area contributed by atoms with Crippen LogP contribution in [0.15, 0.2) is 42.6 Å².